The lowest BCUT2D eigenvalue weighted by molar-refractivity contribution is 0.0446. The van der Waals surface area contributed by atoms with Gasteiger partial charge in [0.05, 0.1) is 16.7 Å². The zero-order valence-electron chi connectivity index (χ0n) is 15.8. The average molecular weight is 382 g/mol. The van der Waals surface area contributed by atoms with Crippen LogP contribution in [0.2, 0.25) is 0 Å². The molecule has 4 rings (SSSR count). The molecule has 0 spiro atoms. The van der Waals surface area contributed by atoms with Crippen molar-refractivity contribution in [2.45, 2.75) is 38.0 Å². The summed E-state index contributed by atoms with van der Waals surface area (Å²) in [6.45, 7) is 4.27. The van der Waals surface area contributed by atoms with Gasteiger partial charge in [0.2, 0.25) is 0 Å². The molecular weight excluding hydrogens is 359 g/mol. The van der Waals surface area contributed by atoms with E-state index in [0.717, 1.165) is 11.8 Å². The lowest BCUT2D eigenvalue weighted by Crippen LogP contribution is -2.42. The Kier molecular flexibility index (Phi) is 4.64. The molecule has 4 N–H and O–H groups in total. The summed E-state index contributed by atoms with van der Waals surface area (Å²) < 4.78 is 13.7. The highest BCUT2D eigenvalue weighted by atomic mass is 19.1. The maximum atomic E-state index is 13.7. The van der Waals surface area contributed by atoms with Crippen LogP contribution in [0.5, 0.6) is 5.75 Å². The Balaban J connectivity index is 1.73. The Labute approximate surface area is 162 Å². The van der Waals surface area contributed by atoms with Gasteiger partial charge in [0.25, 0.3) is 0 Å². The zero-order valence-corrected chi connectivity index (χ0v) is 15.8. The van der Waals surface area contributed by atoms with Crippen LogP contribution in [-0.2, 0) is 0 Å². The first-order valence-electron chi connectivity index (χ1n) is 9.29. The monoisotopic (exact) mass is 382 g/mol. The van der Waals surface area contributed by atoms with Gasteiger partial charge < -0.3 is 20.8 Å². The first-order chi connectivity index (χ1) is 13.3. The first kappa shape index (κ1) is 18.6. The molecule has 0 aliphatic carbocycles. The summed E-state index contributed by atoms with van der Waals surface area (Å²) in [6.07, 6.45) is 0.738. The topological polar surface area (TPSA) is 90.3 Å². The number of aliphatic hydroxyl groups is 1. The van der Waals surface area contributed by atoms with Crippen molar-refractivity contribution in [2.24, 2.45) is 0 Å². The van der Waals surface area contributed by atoms with Crippen LogP contribution in [0.25, 0.3) is 22.3 Å². The molecule has 146 valence electrons. The highest BCUT2D eigenvalue weighted by molar-refractivity contribution is 5.91. The van der Waals surface area contributed by atoms with Gasteiger partial charge in [-0.25, -0.2) is 14.4 Å². The third-order valence-corrected chi connectivity index (χ3v) is 5.13. The van der Waals surface area contributed by atoms with Crippen LogP contribution in [0, 0.1) is 5.82 Å². The molecule has 0 saturated carbocycles. The molecule has 1 saturated heterocycles. The molecule has 2 atom stereocenters. The fourth-order valence-corrected chi connectivity index (χ4v) is 3.57. The number of phenols is 1. The van der Waals surface area contributed by atoms with Crippen LogP contribution < -0.4 is 10.6 Å². The predicted molar refractivity (Wildman–Crippen MR) is 107 cm³/mol. The Morgan fingerprint density at radius 2 is 1.96 bits per heavy atom. The summed E-state index contributed by atoms with van der Waals surface area (Å²) in [6, 6.07) is 11.3. The van der Waals surface area contributed by atoms with Crippen molar-refractivity contribution < 1.29 is 14.6 Å². The summed E-state index contributed by atoms with van der Waals surface area (Å²) in [4.78, 5) is 9.09. The third-order valence-electron chi connectivity index (χ3n) is 5.13. The predicted octanol–water partition coefficient (Wildman–Crippen LogP) is 3.05. The van der Waals surface area contributed by atoms with Crippen LogP contribution in [0.1, 0.15) is 20.3 Å². The minimum Gasteiger partial charge on any atom is -0.507 e. The number of nitrogens with one attached hydrogen (secondary N) is 2. The lowest BCUT2D eigenvalue weighted by Gasteiger charge is -2.25. The van der Waals surface area contributed by atoms with E-state index in [1.54, 1.807) is 13.8 Å². The first-order valence-corrected chi connectivity index (χ1v) is 9.29. The van der Waals surface area contributed by atoms with Crippen LogP contribution >= 0.6 is 0 Å². The van der Waals surface area contributed by atoms with Crippen molar-refractivity contribution in [3.8, 4) is 17.1 Å². The van der Waals surface area contributed by atoms with E-state index in [1.807, 2.05) is 24.3 Å². The molecule has 0 amide bonds. The summed E-state index contributed by atoms with van der Waals surface area (Å²) in [5.74, 6) is 0.329. The maximum absolute atomic E-state index is 13.7. The number of halogens is 1. The van der Waals surface area contributed by atoms with Crippen molar-refractivity contribution >= 4 is 16.7 Å². The summed E-state index contributed by atoms with van der Waals surface area (Å²) >= 11 is 0. The second-order valence-electron chi connectivity index (χ2n) is 7.77. The van der Waals surface area contributed by atoms with Gasteiger partial charge in [0.15, 0.2) is 5.82 Å². The summed E-state index contributed by atoms with van der Waals surface area (Å²) in [5, 5.41) is 28.0. The van der Waals surface area contributed by atoms with Gasteiger partial charge in [0, 0.05) is 24.0 Å². The molecule has 1 aromatic heterocycles. The van der Waals surface area contributed by atoms with Gasteiger partial charge in [-0.2, -0.15) is 0 Å². The van der Waals surface area contributed by atoms with E-state index in [9.17, 15) is 14.6 Å². The van der Waals surface area contributed by atoms with Crippen molar-refractivity contribution in [3.63, 3.8) is 0 Å². The number of rotatable bonds is 4. The average Bonchev–Trinajstić information content (AvgIpc) is 3.12. The second kappa shape index (κ2) is 7.00. The Hall–Kier alpha value is -2.77. The number of hydrogen-bond acceptors (Lipinski definition) is 6. The molecule has 2 aromatic carbocycles. The van der Waals surface area contributed by atoms with Gasteiger partial charge >= 0.3 is 0 Å². The van der Waals surface area contributed by atoms with E-state index in [4.69, 9.17) is 0 Å². The highest BCUT2D eigenvalue weighted by Crippen LogP contribution is 2.31. The molecule has 2 heterocycles. The fraction of sp³-hybridized carbons (Fsp3) is 0.333. The standard InChI is InChI=1S/C21H23FN4O2/c1-21(2,28)18-10-13(11-23-18)24-19-14-5-3-4-6-16(14)25-20(26-19)15-9-12(22)7-8-17(15)27/h3-9,13,18,23,27-28H,10-11H2,1-2H3,(H,24,25,26)/t13-,18+/m0/s1. The Morgan fingerprint density at radius 1 is 1.18 bits per heavy atom. The highest BCUT2D eigenvalue weighted by Gasteiger charge is 2.34. The van der Waals surface area contributed by atoms with Crippen LogP contribution in [0.15, 0.2) is 42.5 Å². The number of benzene rings is 2. The quantitative estimate of drug-likeness (QED) is 0.555. The SMILES string of the molecule is CC(C)(O)[C@H]1C[C@H](Nc2nc(-c3cc(F)ccc3O)nc3ccccc23)CN1. The zero-order chi connectivity index (χ0) is 19.9. The third kappa shape index (κ3) is 3.63. The van der Waals surface area contributed by atoms with E-state index >= 15 is 0 Å². The molecule has 0 unspecified atom stereocenters. The Bertz CT molecular complexity index is 1020. The minimum atomic E-state index is -0.817. The van der Waals surface area contributed by atoms with Gasteiger partial charge in [-0.3, -0.25) is 0 Å². The van der Waals surface area contributed by atoms with E-state index in [0.29, 0.717) is 17.9 Å². The van der Waals surface area contributed by atoms with Gasteiger partial charge in [0.1, 0.15) is 17.4 Å². The molecule has 1 fully saturated rings. The number of aromatic hydroxyl groups is 1. The second-order valence-corrected chi connectivity index (χ2v) is 7.77. The van der Waals surface area contributed by atoms with E-state index < -0.39 is 11.4 Å². The minimum absolute atomic E-state index is 0.0233. The van der Waals surface area contributed by atoms with Crippen molar-refractivity contribution in [3.05, 3.63) is 48.3 Å². The van der Waals surface area contributed by atoms with Crippen molar-refractivity contribution in [1.82, 2.24) is 15.3 Å². The van der Waals surface area contributed by atoms with E-state index in [-0.39, 0.29) is 29.2 Å². The number of anilines is 1. The van der Waals surface area contributed by atoms with Crippen LogP contribution in [0.3, 0.4) is 0 Å². The molecule has 0 radical (unpaired) electrons. The maximum Gasteiger partial charge on any atom is 0.165 e. The summed E-state index contributed by atoms with van der Waals surface area (Å²) in [7, 11) is 0. The van der Waals surface area contributed by atoms with Crippen LogP contribution in [0.4, 0.5) is 10.2 Å². The van der Waals surface area contributed by atoms with Gasteiger partial charge in [-0.15, -0.1) is 0 Å². The number of nitrogens with zero attached hydrogens (tertiary/aromatic N) is 2. The number of hydrogen-bond donors (Lipinski definition) is 4. The molecule has 1 aliphatic rings. The molecule has 3 aromatic rings. The number of phenolic OH excluding ortho intramolecular Hbond substituents is 1. The van der Waals surface area contributed by atoms with Crippen molar-refractivity contribution in [1.29, 1.82) is 0 Å². The fourth-order valence-electron chi connectivity index (χ4n) is 3.57. The number of fused-ring (bicyclic) bond motifs is 1. The Morgan fingerprint density at radius 3 is 2.71 bits per heavy atom. The normalized spacial score (nSPS) is 19.9. The van der Waals surface area contributed by atoms with Crippen molar-refractivity contribution in [2.75, 3.05) is 11.9 Å². The molecule has 0 bridgehead atoms. The molecular formula is C21H23FN4O2. The summed E-state index contributed by atoms with van der Waals surface area (Å²) in [5.41, 5.74) is 0.124. The smallest absolute Gasteiger partial charge is 0.165 e. The van der Waals surface area contributed by atoms with E-state index in [2.05, 4.69) is 20.6 Å². The number of aromatic nitrogens is 2. The largest absolute Gasteiger partial charge is 0.507 e. The molecule has 1 aliphatic heterocycles. The van der Waals surface area contributed by atoms with Gasteiger partial charge in [-0.05, 0) is 50.6 Å². The van der Waals surface area contributed by atoms with E-state index in [1.165, 1.54) is 18.2 Å². The molecule has 28 heavy (non-hydrogen) atoms. The van der Waals surface area contributed by atoms with Gasteiger partial charge in [-0.1, -0.05) is 12.1 Å². The molecule has 6 nitrogen and oxygen atoms in total. The molecule has 7 heteroatoms. The lowest BCUT2D eigenvalue weighted by atomic mass is 9.96. The van der Waals surface area contributed by atoms with Crippen LogP contribution in [-0.4, -0.2) is 44.4 Å². The number of para-hydroxylation sites is 1.